The topological polar surface area (TPSA) is 32.3 Å². The minimum Gasteiger partial charge on any atom is -0.359 e. The number of amides is 1. The van der Waals surface area contributed by atoms with Gasteiger partial charge < -0.3 is 10.2 Å². The van der Waals surface area contributed by atoms with Crippen molar-refractivity contribution in [1.29, 1.82) is 0 Å². The number of nitrogens with one attached hydrogen (secondary N) is 1. The summed E-state index contributed by atoms with van der Waals surface area (Å²) in [5, 5.41) is 2.65. The quantitative estimate of drug-likeness (QED) is 0.693. The molecule has 1 amide bonds. The van der Waals surface area contributed by atoms with Crippen LogP contribution in [0.4, 0.5) is 0 Å². The second-order valence-corrected chi connectivity index (χ2v) is 4.49. The Morgan fingerprint density at radius 3 is 2.62 bits per heavy atom. The van der Waals surface area contributed by atoms with E-state index in [0.29, 0.717) is 11.8 Å². The highest BCUT2D eigenvalue weighted by molar-refractivity contribution is 5.75. The zero-order valence-electron chi connectivity index (χ0n) is 8.31. The number of carbonyl (C=O) groups excluding carboxylic acids is 1. The van der Waals surface area contributed by atoms with Crippen molar-refractivity contribution in [3.8, 4) is 0 Å². The van der Waals surface area contributed by atoms with Gasteiger partial charge in [-0.25, -0.2) is 0 Å². The van der Waals surface area contributed by atoms with Gasteiger partial charge in [0.2, 0.25) is 5.91 Å². The van der Waals surface area contributed by atoms with Gasteiger partial charge in [-0.15, -0.1) is 0 Å². The first-order valence-corrected chi connectivity index (χ1v) is 5.17. The largest absolute Gasteiger partial charge is 0.359 e. The molecule has 13 heavy (non-hydrogen) atoms. The Kier molecular flexibility index (Phi) is 2.28. The molecule has 2 rings (SSSR count). The van der Waals surface area contributed by atoms with Gasteiger partial charge in [-0.05, 0) is 18.3 Å². The predicted molar refractivity (Wildman–Crippen MR) is 51.4 cm³/mol. The van der Waals surface area contributed by atoms with E-state index in [1.54, 1.807) is 7.05 Å². The molecule has 1 heterocycles. The van der Waals surface area contributed by atoms with E-state index in [2.05, 4.69) is 10.2 Å². The zero-order valence-corrected chi connectivity index (χ0v) is 8.31. The second kappa shape index (κ2) is 3.29. The normalized spacial score (nSPS) is 25.0. The van der Waals surface area contributed by atoms with E-state index in [-0.39, 0.29) is 5.91 Å². The number of rotatable bonds is 3. The van der Waals surface area contributed by atoms with Gasteiger partial charge in [0.1, 0.15) is 0 Å². The molecule has 3 heteroatoms. The Bertz CT molecular complexity index is 203. The molecule has 1 aliphatic heterocycles. The lowest BCUT2D eigenvalue weighted by Gasteiger charge is -2.56. The molecule has 1 saturated carbocycles. The van der Waals surface area contributed by atoms with Gasteiger partial charge in [0.25, 0.3) is 0 Å². The van der Waals surface area contributed by atoms with Gasteiger partial charge in [0.05, 0.1) is 0 Å². The van der Waals surface area contributed by atoms with Gasteiger partial charge in [-0.2, -0.15) is 0 Å². The van der Waals surface area contributed by atoms with Crippen LogP contribution in [-0.4, -0.2) is 37.5 Å². The number of likely N-dealkylation sites (tertiary alicyclic amines) is 1. The summed E-state index contributed by atoms with van der Waals surface area (Å²) in [5.74, 6) is 0.162. The smallest absolute Gasteiger partial charge is 0.221 e. The van der Waals surface area contributed by atoms with Crippen LogP contribution in [0.2, 0.25) is 0 Å². The highest BCUT2D eigenvalue weighted by atomic mass is 16.1. The minimum atomic E-state index is 0.162. The highest BCUT2D eigenvalue weighted by Gasteiger charge is 2.46. The van der Waals surface area contributed by atoms with Crippen molar-refractivity contribution in [1.82, 2.24) is 10.2 Å². The lowest BCUT2D eigenvalue weighted by Crippen LogP contribution is -2.59. The molecule has 3 nitrogen and oxygen atoms in total. The Labute approximate surface area is 79.5 Å². The van der Waals surface area contributed by atoms with Crippen LogP contribution in [0.25, 0.3) is 0 Å². The number of hydrogen-bond donors (Lipinski definition) is 1. The molecule has 0 atom stereocenters. The number of carbonyl (C=O) groups is 1. The summed E-state index contributed by atoms with van der Waals surface area (Å²) in [6.45, 7) is 3.43. The van der Waals surface area contributed by atoms with Crippen LogP contribution in [0.1, 0.15) is 25.7 Å². The molecular formula is C10H18N2O. The Balaban J connectivity index is 1.61. The van der Waals surface area contributed by atoms with Crippen molar-refractivity contribution in [3.05, 3.63) is 0 Å². The molecule has 0 aromatic heterocycles. The van der Waals surface area contributed by atoms with Crippen LogP contribution in [0.3, 0.4) is 0 Å². The maximum Gasteiger partial charge on any atom is 0.221 e. The van der Waals surface area contributed by atoms with Crippen molar-refractivity contribution in [2.75, 3.05) is 26.7 Å². The van der Waals surface area contributed by atoms with Gasteiger partial charge in [0.15, 0.2) is 0 Å². The fraction of sp³-hybridized carbons (Fsp3) is 0.900. The Morgan fingerprint density at radius 1 is 1.46 bits per heavy atom. The van der Waals surface area contributed by atoms with Crippen LogP contribution in [0, 0.1) is 5.41 Å². The molecule has 1 N–H and O–H groups in total. The standard InChI is InChI=1S/C10H18N2O/c1-11-9(13)3-6-12-7-10(8-12)4-2-5-10/h2-8H2,1H3,(H,11,13). The van der Waals surface area contributed by atoms with Gasteiger partial charge in [0, 0.05) is 33.1 Å². The lowest BCUT2D eigenvalue weighted by molar-refractivity contribution is -0.122. The summed E-state index contributed by atoms with van der Waals surface area (Å²) >= 11 is 0. The summed E-state index contributed by atoms with van der Waals surface area (Å²) in [6, 6.07) is 0. The molecule has 1 spiro atoms. The van der Waals surface area contributed by atoms with Crippen LogP contribution < -0.4 is 5.32 Å². The lowest BCUT2D eigenvalue weighted by atomic mass is 9.63. The summed E-state index contributed by atoms with van der Waals surface area (Å²) in [5.41, 5.74) is 0.697. The monoisotopic (exact) mass is 182 g/mol. The molecule has 1 saturated heterocycles. The van der Waals surface area contributed by atoms with Crippen molar-refractivity contribution in [3.63, 3.8) is 0 Å². The van der Waals surface area contributed by atoms with Crippen LogP contribution in [-0.2, 0) is 4.79 Å². The van der Waals surface area contributed by atoms with Crippen LogP contribution in [0.5, 0.6) is 0 Å². The average molecular weight is 182 g/mol. The van der Waals surface area contributed by atoms with Crippen molar-refractivity contribution in [2.24, 2.45) is 5.41 Å². The van der Waals surface area contributed by atoms with Crippen molar-refractivity contribution in [2.45, 2.75) is 25.7 Å². The molecule has 0 radical (unpaired) electrons. The SMILES string of the molecule is CNC(=O)CCN1CC2(CCC2)C1. The van der Waals surface area contributed by atoms with Crippen LogP contribution >= 0.6 is 0 Å². The first kappa shape index (κ1) is 9.00. The van der Waals surface area contributed by atoms with E-state index in [0.717, 1.165) is 6.54 Å². The molecule has 2 aliphatic rings. The van der Waals surface area contributed by atoms with E-state index >= 15 is 0 Å². The molecule has 0 aromatic carbocycles. The van der Waals surface area contributed by atoms with E-state index in [1.165, 1.54) is 32.4 Å². The molecule has 0 bridgehead atoms. The third-order valence-corrected chi connectivity index (χ3v) is 3.47. The molecule has 2 fully saturated rings. The third-order valence-electron chi connectivity index (χ3n) is 3.47. The first-order chi connectivity index (χ1) is 6.24. The first-order valence-electron chi connectivity index (χ1n) is 5.17. The van der Waals surface area contributed by atoms with Gasteiger partial charge in [-0.3, -0.25) is 4.79 Å². The Morgan fingerprint density at radius 2 is 2.15 bits per heavy atom. The molecule has 0 aromatic rings. The zero-order chi connectivity index (χ0) is 9.31. The second-order valence-electron chi connectivity index (χ2n) is 4.49. The van der Waals surface area contributed by atoms with E-state index in [9.17, 15) is 4.79 Å². The van der Waals surface area contributed by atoms with E-state index in [1.807, 2.05) is 0 Å². The molecular weight excluding hydrogens is 164 g/mol. The molecule has 0 unspecified atom stereocenters. The van der Waals surface area contributed by atoms with E-state index < -0.39 is 0 Å². The third kappa shape index (κ3) is 1.70. The highest BCUT2D eigenvalue weighted by Crippen LogP contribution is 2.47. The predicted octanol–water partition coefficient (Wildman–Crippen LogP) is 0.608. The fourth-order valence-electron chi connectivity index (χ4n) is 2.44. The van der Waals surface area contributed by atoms with Crippen molar-refractivity contribution < 1.29 is 4.79 Å². The maximum atomic E-state index is 11.0. The number of nitrogens with zero attached hydrogens (tertiary/aromatic N) is 1. The minimum absolute atomic E-state index is 0.162. The molecule has 1 aliphatic carbocycles. The van der Waals surface area contributed by atoms with E-state index in [4.69, 9.17) is 0 Å². The van der Waals surface area contributed by atoms with Crippen LogP contribution in [0.15, 0.2) is 0 Å². The van der Waals surface area contributed by atoms with Crippen molar-refractivity contribution >= 4 is 5.91 Å². The fourth-order valence-corrected chi connectivity index (χ4v) is 2.44. The Hall–Kier alpha value is -0.570. The van der Waals surface area contributed by atoms with Gasteiger partial charge in [-0.1, -0.05) is 6.42 Å². The summed E-state index contributed by atoms with van der Waals surface area (Å²) in [4.78, 5) is 13.4. The molecule has 74 valence electrons. The summed E-state index contributed by atoms with van der Waals surface area (Å²) in [7, 11) is 1.70. The maximum absolute atomic E-state index is 11.0. The number of hydrogen-bond acceptors (Lipinski definition) is 2. The van der Waals surface area contributed by atoms with Gasteiger partial charge >= 0.3 is 0 Å². The summed E-state index contributed by atoms with van der Waals surface area (Å²) in [6.07, 6.45) is 4.92. The average Bonchev–Trinajstić information content (AvgIpc) is 1.98. The summed E-state index contributed by atoms with van der Waals surface area (Å²) < 4.78 is 0.